The molecule has 20 heavy (non-hydrogen) atoms. The summed E-state index contributed by atoms with van der Waals surface area (Å²) in [7, 11) is 0. The third kappa shape index (κ3) is 3.99. The molecule has 1 aromatic carbocycles. The largest absolute Gasteiger partial charge is 0.484 e. The Balaban J connectivity index is 1.91. The molecular weight excluding hydrogens is 278 g/mol. The van der Waals surface area contributed by atoms with Gasteiger partial charge in [0.05, 0.1) is 5.25 Å². The number of hydrogen-bond acceptors (Lipinski definition) is 6. The average molecular weight is 293 g/mol. The highest BCUT2D eigenvalue weighted by Gasteiger charge is 2.15. The van der Waals surface area contributed by atoms with Gasteiger partial charge in [-0.2, -0.15) is 0 Å². The van der Waals surface area contributed by atoms with Gasteiger partial charge in [0.25, 0.3) is 11.1 Å². The standard InChI is InChI=1S/C13H15N3O3S/c1-8-4-3-5-10(6-8)18-7-11-15-16-13(19-11)20-9(2)12(14)17/h3-6,9H,7H2,1-2H3,(H2,14,17)/t9-/m0/s1. The third-order valence-electron chi connectivity index (χ3n) is 2.48. The molecule has 2 rings (SSSR count). The highest BCUT2D eigenvalue weighted by atomic mass is 32.2. The van der Waals surface area contributed by atoms with Gasteiger partial charge < -0.3 is 14.9 Å². The monoisotopic (exact) mass is 293 g/mol. The van der Waals surface area contributed by atoms with Crippen LogP contribution in [0.5, 0.6) is 5.75 Å². The maximum absolute atomic E-state index is 10.9. The van der Waals surface area contributed by atoms with E-state index in [4.69, 9.17) is 14.9 Å². The normalized spacial score (nSPS) is 12.1. The summed E-state index contributed by atoms with van der Waals surface area (Å²) in [5.41, 5.74) is 6.28. The molecular formula is C13H15N3O3S. The van der Waals surface area contributed by atoms with Crippen molar-refractivity contribution >= 4 is 17.7 Å². The highest BCUT2D eigenvalue weighted by Crippen LogP contribution is 2.22. The van der Waals surface area contributed by atoms with Crippen LogP contribution in [0.1, 0.15) is 18.4 Å². The van der Waals surface area contributed by atoms with Crippen molar-refractivity contribution in [1.82, 2.24) is 10.2 Å². The van der Waals surface area contributed by atoms with E-state index in [1.54, 1.807) is 6.92 Å². The Morgan fingerprint density at radius 1 is 1.50 bits per heavy atom. The van der Waals surface area contributed by atoms with Crippen LogP contribution < -0.4 is 10.5 Å². The lowest BCUT2D eigenvalue weighted by Gasteiger charge is -2.03. The molecule has 0 aliphatic rings. The van der Waals surface area contributed by atoms with Gasteiger partial charge in [-0.15, -0.1) is 10.2 Å². The van der Waals surface area contributed by atoms with E-state index in [0.717, 1.165) is 23.1 Å². The fourth-order valence-corrected chi connectivity index (χ4v) is 2.05. The number of amides is 1. The summed E-state index contributed by atoms with van der Waals surface area (Å²) in [4.78, 5) is 10.9. The first-order valence-electron chi connectivity index (χ1n) is 6.02. The molecule has 106 valence electrons. The molecule has 0 spiro atoms. The van der Waals surface area contributed by atoms with Crippen molar-refractivity contribution in [2.75, 3.05) is 0 Å². The molecule has 7 heteroatoms. The van der Waals surface area contributed by atoms with E-state index in [0.29, 0.717) is 11.1 Å². The minimum Gasteiger partial charge on any atom is -0.484 e. The number of benzene rings is 1. The van der Waals surface area contributed by atoms with Gasteiger partial charge in [-0.1, -0.05) is 23.9 Å². The second-order valence-corrected chi connectivity index (χ2v) is 5.52. The molecule has 0 aliphatic heterocycles. The van der Waals surface area contributed by atoms with Crippen LogP contribution in [-0.2, 0) is 11.4 Å². The Morgan fingerprint density at radius 2 is 2.30 bits per heavy atom. The molecule has 2 N–H and O–H groups in total. The van der Waals surface area contributed by atoms with E-state index < -0.39 is 11.2 Å². The van der Waals surface area contributed by atoms with E-state index in [1.165, 1.54) is 0 Å². The third-order valence-corrected chi connectivity index (χ3v) is 3.43. The van der Waals surface area contributed by atoms with Gasteiger partial charge in [0.1, 0.15) is 5.75 Å². The Morgan fingerprint density at radius 3 is 3.00 bits per heavy atom. The Labute approximate surface area is 120 Å². The number of nitrogens with zero attached hydrogens (tertiary/aromatic N) is 2. The summed E-state index contributed by atoms with van der Waals surface area (Å²) in [6.45, 7) is 3.85. The number of thioether (sulfide) groups is 1. The fraction of sp³-hybridized carbons (Fsp3) is 0.308. The fourth-order valence-electron chi connectivity index (χ4n) is 1.40. The molecule has 0 fully saturated rings. The van der Waals surface area contributed by atoms with Crippen molar-refractivity contribution in [3.8, 4) is 5.75 Å². The van der Waals surface area contributed by atoms with Crippen molar-refractivity contribution in [2.45, 2.75) is 30.9 Å². The van der Waals surface area contributed by atoms with Gasteiger partial charge in [-0.25, -0.2) is 0 Å². The van der Waals surface area contributed by atoms with E-state index in [-0.39, 0.29) is 6.61 Å². The molecule has 6 nitrogen and oxygen atoms in total. The first-order valence-corrected chi connectivity index (χ1v) is 6.90. The van der Waals surface area contributed by atoms with Crippen molar-refractivity contribution < 1.29 is 13.9 Å². The lowest BCUT2D eigenvalue weighted by molar-refractivity contribution is -0.117. The molecule has 1 heterocycles. The molecule has 0 aliphatic carbocycles. The maximum Gasteiger partial charge on any atom is 0.277 e. The lowest BCUT2D eigenvalue weighted by atomic mass is 10.2. The Bertz CT molecular complexity index is 600. The summed E-state index contributed by atoms with van der Waals surface area (Å²) in [6.07, 6.45) is 0. The van der Waals surface area contributed by atoms with E-state index >= 15 is 0 Å². The first kappa shape index (κ1) is 14.4. The molecule has 0 bridgehead atoms. The van der Waals surface area contributed by atoms with Crippen LogP contribution in [-0.4, -0.2) is 21.4 Å². The van der Waals surface area contributed by atoms with Gasteiger partial charge in [-0.3, -0.25) is 4.79 Å². The van der Waals surface area contributed by atoms with Crippen LogP contribution in [0.15, 0.2) is 33.9 Å². The predicted octanol–water partition coefficient (Wildman–Crippen LogP) is 1.92. The van der Waals surface area contributed by atoms with Crippen molar-refractivity contribution in [2.24, 2.45) is 5.73 Å². The van der Waals surface area contributed by atoms with Crippen molar-refractivity contribution in [3.63, 3.8) is 0 Å². The summed E-state index contributed by atoms with van der Waals surface area (Å²) in [5, 5.41) is 7.57. The maximum atomic E-state index is 10.9. The second kappa shape index (κ2) is 6.42. The smallest absolute Gasteiger partial charge is 0.277 e. The van der Waals surface area contributed by atoms with Crippen LogP contribution >= 0.6 is 11.8 Å². The van der Waals surface area contributed by atoms with Gasteiger partial charge in [-0.05, 0) is 31.5 Å². The number of aromatic nitrogens is 2. The number of carbonyl (C=O) groups excluding carboxylic acids is 1. The summed E-state index contributed by atoms with van der Waals surface area (Å²) in [5.74, 6) is 0.666. The van der Waals surface area contributed by atoms with Crippen LogP contribution in [0.4, 0.5) is 0 Å². The molecule has 2 aromatic rings. The van der Waals surface area contributed by atoms with E-state index in [1.807, 2.05) is 31.2 Å². The van der Waals surface area contributed by atoms with Crippen LogP contribution in [0.25, 0.3) is 0 Å². The summed E-state index contributed by atoms with van der Waals surface area (Å²) < 4.78 is 10.9. The van der Waals surface area contributed by atoms with Crippen molar-refractivity contribution in [1.29, 1.82) is 0 Å². The zero-order valence-corrected chi connectivity index (χ0v) is 12.0. The van der Waals surface area contributed by atoms with Crippen molar-refractivity contribution in [3.05, 3.63) is 35.7 Å². The molecule has 0 saturated heterocycles. The van der Waals surface area contributed by atoms with Gasteiger partial charge >= 0.3 is 0 Å². The number of nitrogens with two attached hydrogens (primary N) is 1. The number of hydrogen-bond donors (Lipinski definition) is 1. The second-order valence-electron chi connectivity index (χ2n) is 4.23. The van der Waals surface area contributed by atoms with E-state index in [2.05, 4.69) is 10.2 Å². The van der Waals surface area contributed by atoms with Crippen LogP contribution in [0.2, 0.25) is 0 Å². The average Bonchev–Trinajstić information content (AvgIpc) is 2.84. The number of ether oxygens (including phenoxy) is 1. The highest BCUT2D eigenvalue weighted by molar-refractivity contribution is 8.00. The Kier molecular flexibility index (Phi) is 4.62. The SMILES string of the molecule is Cc1cccc(OCc2nnc(S[C@@H](C)C(N)=O)o2)c1. The molecule has 1 amide bonds. The Hall–Kier alpha value is -2.02. The predicted molar refractivity (Wildman–Crippen MR) is 74.3 cm³/mol. The first-order chi connectivity index (χ1) is 9.54. The number of carbonyl (C=O) groups is 1. The molecule has 0 saturated carbocycles. The molecule has 1 atom stereocenters. The van der Waals surface area contributed by atoms with Crippen LogP contribution in [0.3, 0.4) is 0 Å². The zero-order valence-electron chi connectivity index (χ0n) is 11.2. The number of aryl methyl sites for hydroxylation is 1. The summed E-state index contributed by atoms with van der Waals surface area (Å²) in [6, 6.07) is 7.67. The quantitative estimate of drug-likeness (QED) is 0.818. The van der Waals surface area contributed by atoms with Crippen LogP contribution in [0, 0.1) is 6.92 Å². The van der Waals surface area contributed by atoms with Gasteiger partial charge in [0, 0.05) is 0 Å². The van der Waals surface area contributed by atoms with Gasteiger partial charge in [0.15, 0.2) is 6.61 Å². The number of primary amides is 1. The zero-order chi connectivity index (χ0) is 14.5. The lowest BCUT2D eigenvalue weighted by Crippen LogP contribution is -2.22. The number of rotatable bonds is 6. The topological polar surface area (TPSA) is 91.2 Å². The van der Waals surface area contributed by atoms with E-state index in [9.17, 15) is 4.79 Å². The minimum atomic E-state index is -0.425. The minimum absolute atomic E-state index is 0.183. The molecule has 1 aromatic heterocycles. The summed E-state index contributed by atoms with van der Waals surface area (Å²) >= 11 is 1.13. The molecule has 0 radical (unpaired) electrons. The molecule has 0 unspecified atom stereocenters. The van der Waals surface area contributed by atoms with Gasteiger partial charge in [0.2, 0.25) is 5.91 Å².